The first kappa shape index (κ1) is 25.8. The zero-order valence-corrected chi connectivity index (χ0v) is 20.3. The van der Waals surface area contributed by atoms with Gasteiger partial charge in [0.15, 0.2) is 0 Å². The molecule has 0 aromatic heterocycles. The number of fused-ring (bicyclic) bond motifs is 2. The molecule has 4 aliphatic rings. The van der Waals surface area contributed by atoms with Gasteiger partial charge in [-0.25, -0.2) is 4.79 Å². The van der Waals surface area contributed by atoms with Crippen molar-refractivity contribution in [3.05, 3.63) is 35.9 Å². The van der Waals surface area contributed by atoms with E-state index in [2.05, 4.69) is 10.1 Å². The highest BCUT2D eigenvalue weighted by atomic mass is 19.4. The van der Waals surface area contributed by atoms with Gasteiger partial charge in [0.25, 0.3) is 0 Å². The van der Waals surface area contributed by atoms with Crippen LogP contribution in [0, 0.1) is 11.8 Å². The molecular formula is C25H31F3N4O5. The first-order valence-electron chi connectivity index (χ1n) is 12.6. The normalized spacial score (nSPS) is 30.3. The number of hydrogen-bond acceptors (Lipinski definition) is 6. The van der Waals surface area contributed by atoms with Crippen LogP contribution in [0.3, 0.4) is 0 Å². The molecule has 1 aromatic carbocycles. The predicted molar refractivity (Wildman–Crippen MR) is 126 cm³/mol. The summed E-state index contributed by atoms with van der Waals surface area (Å²) in [5.74, 6) is 0.208. The summed E-state index contributed by atoms with van der Waals surface area (Å²) in [6.07, 6.45) is -0.532. The number of aliphatic hydroxyl groups is 1. The van der Waals surface area contributed by atoms with Crippen molar-refractivity contribution in [3.8, 4) is 5.75 Å². The molecule has 4 aliphatic heterocycles. The van der Waals surface area contributed by atoms with E-state index in [0.29, 0.717) is 56.7 Å². The van der Waals surface area contributed by atoms with Crippen LogP contribution in [-0.2, 0) is 9.53 Å². The lowest BCUT2D eigenvalue weighted by atomic mass is 9.92. The molecule has 4 saturated heterocycles. The van der Waals surface area contributed by atoms with Crippen LogP contribution in [0.4, 0.5) is 18.0 Å². The van der Waals surface area contributed by atoms with Crippen molar-refractivity contribution < 1.29 is 37.3 Å². The first-order chi connectivity index (χ1) is 17.6. The minimum Gasteiger partial charge on any atom is -0.406 e. The Balaban J connectivity index is 1.10. The Bertz CT molecular complexity index is 1000. The lowest BCUT2D eigenvalue weighted by Crippen LogP contribution is -2.53. The highest BCUT2D eigenvalue weighted by Gasteiger charge is 2.43. The van der Waals surface area contributed by atoms with Gasteiger partial charge in [-0.1, -0.05) is 12.1 Å². The summed E-state index contributed by atoms with van der Waals surface area (Å²) >= 11 is 0. The van der Waals surface area contributed by atoms with Crippen molar-refractivity contribution in [1.82, 2.24) is 20.0 Å². The van der Waals surface area contributed by atoms with Gasteiger partial charge in [-0.2, -0.15) is 0 Å². The molecule has 2 N–H and O–H groups in total. The van der Waals surface area contributed by atoms with Crippen molar-refractivity contribution in [2.45, 2.75) is 44.2 Å². The number of halogens is 3. The van der Waals surface area contributed by atoms with Crippen molar-refractivity contribution >= 4 is 18.0 Å². The van der Waals surface area contributed by atoms with E-state index >= 15 is 0 Å². The standard InChI is InChI=1S/C25H31F3N4O5/c26-25(27,28)37-19-4-1-16(2-5-19)3-6-22(33)30-10-7-17-13-32(14-18(17)8-11-30)24(35)31-12-9-20-21(15-31)36-23(34)29-20/h1-6,17-18,20-21,23,29,34H,7-15H2/b6-3+/t17-,18+,20-,21?,23?/m1/s1. The second kappa shape index (κ2) is 10.5. The number of hydrogen-bond donors (Lipinski definition) is 2. The number of nitrogens with zero attached hydrogens (tertiary/aromatic N) is 3. The summed E-state index contributed by atoms with van der Waals surface area (Å²) < 4.78 is 46.2. The lowest BCUT2D eigenvalue weighted by Gasteiger charge is -2.36. The molecular weight excluding hydrogens is 493 g/mol. The molecule has 0 bridgehead atoms. The van der Waals surface area contributed by atoms with Crippen LogP contribution in [0.25, 0.3) is 6.08 Å². The van der Waals surface area contributed by atoms with Gasteiger partial charge in [-0.15, -0.1) is 13.2 Å². The zero-order valence-electron chi connectivity index (χ0n) is 20.3. The van der Waals surface area contributed by atoms with Crippen LogP contribution in [0.5, 0.6) is 5.75 Å². The van der Waals surface area contributed by atoms with E-state index < -0.39 is 12.8 Å². The Morgan fingerprint density at radius 2 is 1.62 bits per heavy atom. The largest absolute Gasteiger partial charge is 0.573 e. The fourth-order valence-electron chi connectivity index (χ4n) is 5.78. The highest BCUT2D eigenvalue weighted by molar-refractivity contribution is 5.91. The Hall–Kier alpha value is -2.83. The van der Waals surface area contributed by atoms with E-state index in [0.717, 1.165) is 19.3 Å². The van der Waals surface area contributed by atoms with Gasteiger partial charge in [0.2, 0.25) is 12.3 Å². The monoisotopic (exact) mass is 524 g/mol. The molecule has 4 heterocycles. The number of urea groups is 1. The summed E-state index contributed by atoms with van der Waals surface area (Å²) in [4.78, 5) is 31.4. The Morgan fingerprint density at radius 3 is 2.27 bits per heavy atom. The minimum absolute atomic E-state index is 0.0130. The number of aliphatic hydroxyl groups excluding tert-OH is 1. The topological polar surface area (TPSA) is 94.6 Å². The van der Waals surface area contributed by atoms with E-state index in [-0.39, 0.29) is 29.8 Å². The van der Waals surface area contributed by atoms with Crippen LogP contribution >= 0.6 is 0 Å². The molecule has 1 aromatic rings. The van der Waals surface area contributed by atoms with Crippen LogP contribution in [0.1, 0.15) is 24.8 Å². The molecule has 0 radical (unpaired) electrons. The number of ether oxygens (including phenoxy) is 2. The molecule has 202 valence electrons. The molecule has 0 spiro atoms. The van der Waals surface area contributed by atoms with Gasteiger partial charge >= 0.3 is 12.4 Å². The van der Waals surface area contributed by atoms with Crippen molar-refractivity contribution in [2.24, 2.45) is 11.8 Å². The first-order valence-corrected chi connectivity index (χ1v) is 12.6. The summed E-state index contributed by atoms with van der Waals surface area (Å²) in [5.41, 5.74) is 0.598. The fourth-order valence-corrected chi connectivity index (χ4v) is 5.78. The van der Waals surface area contributed by atoms with Gasteiger partial charge in [0.1, 0.15) is 5.75 Å². The van der Waals surface area contributed by atoms with E-state index in [1.54, 1.807) is 11.0 Å². The van der Waals surface area contributed by atoms with E-state index in [1.807, 2.05) is 9.80 Å². The molecule has 37 heavy (non-hydrogen) atoms. The average Bonchev–Trinajstić information content (AvgIpc) is 3.37. The second-order valence-electron chi connectivity index (χ2n) is 10.1. The number of amides is 3. The van der Waals surface area contributed by atoms with Crippen LogP contribution < -0.4 is 10.1 Å². The number of piperidine rings is 1. The van der Waals surface area contributed by atoms with Crippen LogP contribution in [-0.4, -0.2) is 95.9 Å². The molecule has 2 unspecified atom stereocenters. The number of alkyl halides is 3. The third-order valence-corrected chi connectivity index (χ3v) is 7.72. The summed E-state index contributed by atoms with van der Waals surface area (Å²) in [7, 11) is 0. The van der Waals surface area contributed by atoms with Gasteiger partial charge in [-0.3, -0.25) is 10.1 Å². The second-order valence-corrected chi connectivity index (χ2v) is 10.1. The zero-order chi connectivity index (χ0) is 26.2. The summed E-state index contributed by atoms with van der Waals surface area (Å²) in [6, 6.07) is 5.43. The van der Waals surface area contributed by atoms with E-state index in [4.69, 9.17) is 4.74 Å². The van der Waals surface area contributed by atoms with Gasteiger partial charge in [-0.05, 0) is 54.9 Å². The quantitative estimate of drug-likeness (QED) is 0.589. The third-order valence-electron chi connectivity index (χ3n) is 7.72. The Labute approximate surface area is 212 Å². The molecule has 5 atom stereocenters. The number of nitrogens with one attached hydrogen (secondary N) is 1. The maximum atomic E-state index is 13.2. The van der Waals surface area contributed by atoms with Crippen molar-refractivity contribution in [1.29, 1.82) is 0 Å². The van der Waals surface area contributed by atoms with E-state index in [1.165, 1.54) is 30.3 Å². The summed E-state index contributed by atoms with van der Waals surface area (Å²) in [5, 5.41) is 12.6. The molecule has 0 aliphatic carbocycles. The molecule has 5 rings (SSSR count). The predicted octanol–water partition coefficient (Wildman–Crippen LogP) is 2.23. The maximum absolute atomic E-state index is 13.2. The molecule has 4 fully saturated rings. The number of benzene rings is 1. The molecule has 0 saturated carbocycles. The van der Waals surface area contributed by atoms with E-state index in [9.17, 15) is 27.9 Å². The van der Waals surface area contributed by atoms with Gasteiger partial charge in [0.05, 0.1) is 12.6 Å². The molecule has 12 heteroatoms. The van der Waals surface area contributed by atoms with Crippen molar-refractivity contribution in [3.63, 3.8) is 0 Å². The summed E-state index contributed by atoms with van der Waals surface area (Å²) in [6.45, 7) is 3.61. The smallest absolute Gasteiger partial charge is 0.406 e. The fraction of sp³-hybridized carbons (Fsp3) is 0.600. The molecule has 3 amide bonds. The van der Waals surface area contributed by atoms with Gasteiger partial charge in [0, 0.05) is 44.8 Å². The minimum atomic E-state index is -4.74. The Morgan fingerprint density at radius 1 is 0.973 bits per heavy atom. The highest BCUT2D eigenvalue weighted by Crippen LogP contribution is 2.33. The number of carbonyl (C=O) groups is 2. The van der Waals surface area contributed by atoms with Crippen LogP contribution in [0.2, 0.25) is 0 Å². The lowest BCUT2D eigenvalue weighted by molar-refractivity contribution is -0.274. The number of rotatable bonds is 3. The SMILES string of the molecule is O=C(/C=C/c1ccc(OC(F)(F)F)cc1)N1CC[C@@H]2CN(C(=O)N3CC[C@H]4NC(O)OC4C3)C[C@@H]2CC1. The maximum Gasteiger partial charge on any atom is 0.573 e. The van der Waals surface area contributed by atoms with Gasteiger partial charge < -0.3 is 29.3 Å². The molecule has 9 nitrogen and oxygen atoms in total. The number of likely N-dealkylation sites (tertiary alicyclic amines) is 3. The average molecular weight is 525 g/mol. The number of carbonyl (C=O) groups excluding carboxylic acids is 2. The Kier molecular flexibility index (Phi) is 7.32. The van der Waals surface area contributed by atoms with Crippen molar-refractivity contribution in [2.75, 3.05) is 39.3 Å². The third kappa shape index (κ3) is 6.19. The van der Waals surface area contributed by atoms with Crippen LogP contribution in [0.15, 0.2) is 30.3 Å².